The highest BCUT2D eigenvalue weighted by molar-refractivity contribution is 5.80. The van der Waals surface area contributed by atoms with E-state index in [9.17, 15) is 24.9 Å². The van der Waals surface area contributed by atoms with Gasteiger partial charge >= 0.3 is 5.97 Å². The molecule has 3 atom stereocenters. The summed E-state index contributed by atoms with van der Waals surface area (Å²) < 4.78 is -0.798. The van der Waals surface area contributed by atoms with Crippen LogP contribution in [0.1, 0.15) is 18.9 Å². The van der Waals surface area contributed by atoms with Crippen LogP contribution >= 0.6 is 0 Å². The lowest BCUT2D eigenvalue weighted by atomic mass is 9.93. The van der Waals surface area contributed by atoms with Crippen molar-refractivity contribution in [3.05, 3.63) is 35.9 Å². The Hall–Kier alpha value is -1.92. The average Bonchev–Trinajstić information content (AvgIpc) is 2.67. The third kappa shape index (κ3) is 1.88. The number of aliphatic hydroxyl groups is 1. The van der Waals surface area contributed by atoms with E-state index in [1.807, 2.05) is 0 Å². The summed E-state index contributed by atoms with van der Waals surface area (Å²) in [5, 5.41) is 31.1. The number of likely N-dealkylation sites (tertiary alicyclic amines) is 1. The fraction of sp³-hybridized carbons (Fsp3) is 0.429. The smallest absolute Gasteiger partial charge is 0.368 e. The standard InChI is InChI=1S/C14H17NO5/c1-14(12(17)18)11(16)7-8-15(14,13(19)20)9-10-5-3-2-4-6-10/h2-6,11,16H,7-9H2,1H3,(H-,17,18,19,20)/t11-,14-,15?/m0/s1. The minimum atomic E-state index is -1.81. The van der Waals surface area contributed by atoms with Gasteiger partial charge in [-0.3, -0.25) is 4.48 Å². The van der Waals surface area contributed by atoms with Gasteiger partial charge in [0, 0.05) is 18.9 Å². The normalized spacial score (nSPS) is 33.0. The van der Waals surface area contributed by atoms with Crippen LogP contribution in [0, 0.1) is 0 Å². The molecule has 6 nitrogen and oxygen atoms in total. The van der Waals surface area contributed by atoms with Gasteiger partial charge in [0.05, 0.1) is 6.54 Å². The molecule has 1 fully saturated rings. The van der Waals surface area contributed by atoms with Crippen LogP contribution in [0.25, 0.3) is 0 Å². The van der Waals surface area contributed by atoms with Crippen molar-refractivity contribution in [2.45, 2.75) is 31.5 Å². The molecule has 1 unspecified atom stereocenters. The Balaban J connectivity index is 2.50. The zero-order chi connectivity index (χ0) is 15.0. The first-order valence-corrected chi connectivity index (χ1v) is 6.39. The molecule has 0 aliphatic carbocycles. The second-order valence-corrected chi connectivity index (χ2v) is 5.36. The summed E-state index contributed by atoms with van der Waals surface area (Å²) in [5.41, 5.74) is -1.12. The topological polar surface area (TPSA) is 97.7 Å². The SMILES string of the molecule is C[C@@]1(C(=O)O)[C@@H](O)CC[N+]1(Cc1ccccc1)C(=O)[O-]. The molecule has 2 rings (SSSR count). The number of nitrogens with zero attached hydrogens (tertiary/aromatic N) is 1. The van der Waals surface area contributed by atoms with Gasteiger partial charge in [-0.15, -0.1) is 0 Å². The monoisotopic (exact) mass is 279 g/mol. The van der Waals surface area contributed by atoms with E-state index in [4.69, 9.17) is 0 Å². The Morgan fingerprint density at radius 2 is 2.00 bits per heavy atom. The maximum atomic E-state index is 11.7. The molecule has 6 heteroatoms. The average molecular weight is 279 g/mol. The maximum Gasteiger partial charge on any atom is 0.368 e. The molecule has 0 aromatic heterocycles. The highest BCUT2D eigenvalue weighted by atomic mass is 16.4. The summed E-state index contributed by atoms with van der Waals surface area (Å²) in [6, 6.07) is 8.77. The van der Waals surface area contributed by atoms with Crippen molar-refractivity contribution >= 4 is 12.1 Å². The Bertz CT molecular complexity index is 532. The molecule has 0 spiro atoms. The van der Waals surface area contributed by atoms with Crippen LogP contribution in [0.4, 0.5) is 4.79 Å². The Morgan fingerprint density at radius 3 is 2.50 bits per heavy atom. The van der Waals surface area contributed by atoms with Crippen molar-refractivity contribution < 1.29 is 29.4 Å². The summed E-state index contributed by atoms with van der Waals surface area (Å²) >= 11 is 0. The van der Waals surface area contributed by atoms with E-state index in [0.29, 0.717) is 5.56 Å². The summed E-state index contributed by atoms with van der Waals surface area (Å²) in [7, 11) is 0. The molecule has 0 radical (unpaired) electrons. The number of amides is 1. The number of benzene rings is 1. The minimum Gasteiger partial charge on any atom is -0.498 e. The van der Waals surface area contributed by atoms with Crippen LogP contribution in [0.2, 0.25) is 0 Å². The summed E-state index contributed by atoms with van der Waals surface area (Å²) in [6.07, 6.45) is -2.58. The molecule has 108 valence electrons. The predicted octanol–water partition coefficient (Wildman–Crippen LogP) is -0.0454. The van der Waals surface area contributed by atoms with Crippen LogP contribution in [0.3, 0.4) is 0 Å². The van der Waals surface area contributed by atoms with Gasteiger partial charge in [-0.1, -0.05) is 30.3 Å². The van der Waals surface area contributed by atoms with Gasteiger partial charge in [0.25, 0.3) is 6.09 Å². The quantitative estimate of drug-likeness (QED) is 0.756. The molecule has 1 aliphatic heterocycles. The van der Waals surface area contributed by atoms with E-state index in [-0.39, 0.29) is 19.5 Å². The molecule has 0 bridgehead atoms. The van der Waals surface area contributed by atoms with Crippen molar-refractivity contribution in [1.29, 1.82) is 0 Å². The highest BCUT2D eigenvalue weighted by Gasteiger charge is 2.64. The van der Waals surface area contributed by atoms with E-state index in [1.165, 1.54) is 6.92 Å². The number of quaternary nitrogens is 1. The molecule has 1 heterocycles. The van der Waals surface area contributed by atoms with Gasteiger partial charge in [0.1, 0.15) is 12.6 Å². The van der Waals surface area contributed by atoms with E-state index in [1.54, 1.807) is 30.3 Å². The Kier molecular flexibility index (Phi) is 3.54. The number of carbonyl (C=O) groups excluding carboxylic acids is 1. The Labute approximate surface area is 116 Å². The van der Waals surface area contributed by atoms with Gasteiger partial charge in [-0.2, -0.15) is 0 Å². The number of carbonyl (C=O) groups is 2. The number of hydrogen-bond donors (Lipinski definition) is 2. The lowest BCUT2D eigenvalue weighted by Gasteiger charge is -2.44. The van der Waals surface area contributed by atoms with Crippen LogP contribution in [-0.4, -0.2) is 44.9 Å². The van der Waals surface area contributed by atoms with Gasteiger partial charge in [-0.25, -0.2) is 4.79 Å². The van der Waals surface area contributed by atoms with Crippen LogP contribution in [-0.2, 0) is 11.3 Å². The maximum absolute atomic E-state index is 11.7. The fourth-order valence-electron chi connectivity index (χ4n) is 2.95. The molecule has 20 heavy (non-hydrogen) atoms. The van der Waals surface area contributed by atoms with Gasteiger partial charge < -0.3 is 20.1 Å². The number of aliphatic carboxylic acids is 1. The van der Waals surface area contributed by atoms with Crippen molar-refractivity contribution in [3.8, 4) is 0 Å². The van der Waals surface area contributed by atoms with Gasteiger partial charge in [0.2, 0.25) is 5.54 Å². The summed E-state index contributed by atoms with van der Waals surface area (Å²) in [5.74, 6) is -1.33. The molecule has 1 aromatic carbocycles. The fourth-order valence-corrected chi connectivity index (χ4v) is 2.95. The largest absolute Gasteiger partial charge is 0.498 e. The summed E-state index contributed by atoms with van der Waals surface area (Å²) in [6.45, 7) is 1.27. The summed E-state index contributed by atoms with van der Waals surface area (Å²) in [4.78, 5) is 23.3. The van der Waals surface area contributed by atoms with Gasteiger partial charge in [-0.05, 0) is 0 Å². The lowest BCUT2D eigenvalue weighted by molar-refractivity contribution is -0.916. The van der Waals surface area contributed by atoms with Crippen molar-refractivity contribution in [2.24, 2.45) is 0 Å². The molecule has 1 saturated heterocycles. The number of carboxylic acid groups (broad SMARTS) is 2. The highest BCUT2D eigenvalue weighted by Crippen LogP contribution is 2.39. The molecule has 0 saturated carbocycles. The number of hydrogen-bond acceptors (Lipinski definition) is 4. The zero-order valence-corrected chi connectivity index (χ0v) is 11.2. The first-order chi connectivity index (χ1) is 9.34. The first-order valence-electron chi connectivity index (χ1n) is 6.39. The molecular formula is C14H17NO5. The molecule has 2 N–H and O–H groups in total. The Morgan fingerprint density at radius 1 is 1.40 bits per heavy atom. The van der Waals surface area contributed by atoms with Crippen molar-refractivity contribution in [2.75, 3.05) is 6.54 Å². The lowest BCUT2D eigenvalue weighted by Crippen LogP contribution is -2.71. The predicted molar refractivity (Wildman–Crippen MR) is 67.3 cm³/mol. The van der Waals surface area contributed by atoms with Crippen molar-refractivity contribution in [3.63, 3.8) is 0 Å². The van der Waals surface area contributed by atoms with E-state index < -0.39 is 28.2 Å². The molecule has 1 aromatic rings. The van der Waals surface area contributed by atoms with E-state index in [2.05, 4.69) is 0 Å². The van der Waals surface area contributed by atoms with Crippen LogP contribution in [0.5, 0.6) is 0 Å². The number of aliphatic hydroxyl groups excluding tert-OH is 1. The molecule has 1 amide bonds. The third-order valence-electron chi connectivity index (χ3n) is 4.40. The molecular weight excluding hydrogens is 262 g/mol. The molecule has 1 aliphatic rings. The first kappa shape index (κ1) is 14.5. The van der Waals surface area contributed by atoms with Crippen LogP contribution in [0.15, 0.2) is 30.3 Å². The van der Waals surface area contributed by atoms with Gasteiger partial charge in [0.15, 0.2) is 0 Å². The third-order valence-corrected chi connectivity index (χ3v) is 4.40. The number of rotatable bonds is 3. The van der Waals surface area contributed by atoms with E-state index in [0.717, 1.165) is 0 Å². The second-order valence-electron chi connectivity index (χ2n) is 5.36. The van der Waals surface area contributed by atoms with Crippen LogP contribution < -0.4 is 5.11 Å². The number of carboxylic acids is 1. The second kappa shape index (κ2) is 4.88. The van der Waals surface area contributed by atoms with Crippen molar-refractivity contribution in [1.82, 2.24) is 0 Å². The minimum absolute atomic E-state index is 0.0248. The zero-order valence-electron chi connectivity index (χ0n) is 11.2. The van der Waals surface area contributed by atoms with E-state index >= 15 is 0 Å².